The zero-order valence-corrected chi connectivity index (χ0v) is 17.8. The molecule has 0 aliphatic carbocycles. The van der Waals surface area contributed by atoms with Crippen molar-refractivity contribution in [2.45, 2.75) is 33.3 Å². The molecule has 0 saturated carbocycles. The molecule has 1 aromatic carbocycles. The average Bonchev–Trinajstić information content (AvgIpc) is 2.67. The topological polar surface area (TPSA) is 102 Å². The lowest BCUT2D eigenvalue weighted by atomic mass is 10.1. The molecule has 1 heterocycles. The van der Waals surface area contributed by atoms with Crippen molar-refractivity contribution in [2.24, 2.45) is 0 Å². The summed E-state index contributed by atoms with van der Waals surface area (Å²) < 4.78 is 15.3. The van der Waals surface area contributed by atoms with Crippen LogP contribution in [0.15, 0.2) is 24.3 Å². The number of ketones is 1. The minimum atomic E-state index is -0.639. The van der Waals surface area contributed by atoms with E-state index in [1.54, 1.807) is 52.0 Å². The van der Waals surface area contributed by atoms with E-state index in [-0.39, 0.29) is 44.5 Å². The number of hydrogen-bond acceptors (Lipinski definition) is 7. The second-order valence-corrected chi connectivity index (χ2v) is 7.76. The van der Waals surface area contributed by atoms with Crippen LogP contribution in [-0.2, 0) is 19.1 Å². The van der Waals surface area contributed by atoms with Crippen LogP contribution in [0.1, 0.15) is 38.1 Å². The lowest BCUT2D eigenvalue weighted by molar-refractivity contribution is -0.145. The zero-order valence-electron chi connectivity index (χ0n) is 17.8. The number of amides is 2. The lowest BCUT2D eigenvalue weighted by Gasteiger charge is -2.34. The Morgan fingerprint density at radius 2 is 1.73 bits per heavy atom. The molecule has 1 aliphatic rings. The van der Waals surface area contributed by atoms with Crippen LogP contribution >= 0.6 is 0 Å². The van der Waals surface area contributed by atoms with E-state index in [9.17, 15) is 19.2 Å². The first-order chi connectivity index (χ1) is 14.1. The first-order valence-corrected chi connectivity index (χ1v) is 9.76. The molecular weight excluding hydrogens is 392 g/mol. The predicted octanol–water partition coefficient (Wildman–Crippen LogP) is 1.89. The van der Waals surface area contributed by atoms with Crippen molar-refractivity contribution >= 4 is 23.8 Å². The van der Waals surface area contributed by atoms with Gasteiger partial charge in [-0.1, -0.05) is 0 Å². The second-order valence-electron chi connectivity index (χ2n) is 7.76. The van der Waals surface area contributed by atoms with Gasteiger partial charge in [-0.2, -0.15) is 0 Å². The van der Waals surface area contributed by atoms with Gasteiger partial charge in [0, 0.05) is 18.7 Å². The van der Waals surface area contributed by atoms with Crippen LogP contribution in [0.5, 0.6) is 5.75 Å². The van der Waals surface area contributed by atoms with Crippen LogP contribution < -0.4 is 4.74 Å². The van der Waals surface area contributed by atoms with Crippen molar-refractivity contribution in [2.75, 3.05) is 39.4 Å². The first-order valence-electron chi connectivity index (χ1n) is 9.76. The maximum Gasteiger partial charge on any atom is 0.410 e. The third-order valence-electron chi connectivity index (χ3n) is 4.14. The minimum absolute atomic E-state index is 0.0793. The van der Waals surface area contributed by atoms with Crippen molar-refractivity contribution in [1.29, 1.82) is 0 Å². The third-order valence-corrected chi connectivity index (χ3v) is 4.14. The van der Waals surface area contributed by atoms with Gasteiger partial charge < -0.3 is 19.1 Å². The number of carbonyl (C=O) groups excluding carboxylic acids is 4. The fourth-order valence-electron chi connectivity index (χ4n) is 2.70. The van der Waals surface area contributed by atoms with E-state index >= 15 is 0 Å². The van der Waals surface area contributed by atoms with E-state index in [0.29, 0.717) is 17.9 Å². The molecule has 30 heavy (non-hydrogen) atoms. The number of ether oxygens (including phenoxy) is 3. The maximum atomic E-state index is 12.5. The standard InChI is InChI=1S/C21H28N2O7/c1-5-28-19(26)14-29-16-8-6-15(7-9-16)17(24)12-22-10-11-23(13-18(22)25)20(27)30-21(2,3)4/h6-9H,5,10-14H2,1-4H3. The molecule has 2 rings (SSSR count). The van der Waals surface area contributed by atoms with Crippen LogP contribution in [0.4, 0.5) is 4.79 Å². The van der Waals surface area contributed by atoms with E-state index in [2.05, 4.69) is 0 Å². The Labute approximate surface area is 175 Å². The highest BCUT2D eigenvalue weighted by atomic mass is 16.6. The number of hydrogen-bond donors (Lipinski definition) is 0. The summed E-state index contributed by atoms with van der Waals surface area (Å²) >= 11 is 0. The number of piperazine rings is 1. The fourth-order valence-corrected chi connectivity index (χ4v) is 2.70. The van der Waals surface area contributed by atoms with Crippen molar-refractivity contribution in [3.8, 4) is 5.75 Å². The summed E-state index contributed by atoms with van der Waals surface area (Å²) in [4.78, 5) is 51.0. The number of esters is 1. The number of carbonyl (C=O) groups is 4. The summed E-state index contributed by atoms with van der Waals surface area (Å²) in [6, 6.07) is 6.30. The highest BCUT2D eigenvalue weighted by Crippen LogP contribution is 2.15. The molecule has 1 aromatic rings. The Balaban J connectivity index is 1.85. The van der Waals surface area contributed by atoms with Gasteiger partial charge in [0.15, 0.2) is 12.4 Å². The van der Waals surface area contributed by atoms with E-state index < -0.39 is 17.7 Å². The number of nitrogens with zero attached hydrogens (tertiary/aromatic N) is 2. The van der Waals surface area contributed by atoms with Gasteiger partial charge in [-0.25, -0.2) is 9.59 Å². The molecule has 164 valence electrons. The summed E-state index contributed by atoms with van der Waals surface area (Å²) in [6.07, 6.45) is -0.541. The van der Waals surface area contributed by atoms with Crippen molar-refractivity contribution < 1.29 is 33.4 Å². The molecule has 0 atom stereocenters. The van der Waals surface area contributed by atoms with Gasteiger partial charge >= 0.3 is 12.1 Å². The monoisotopic (exact) mass is 420 g/mol. The van der Waals surface area contributed by atoms with Crippen LogP contribution in [0, 0.1) is 0 Å². The van der Waals surface area contributed by atoms with E-state index in [4.69, 9.17) is 14.2 Å². The molecule has 0 N–H and O–H groups in total. The Morgan fingerprint density at radius 3 is 2.30 bits per heavy atom. The number of benzene rings is 1. The smallest absolute Gasteiger partial charge is 0.410 e. The first kappa shape index (κ1) is 23.2. The Morgan fingerprint density at radius 1 is 1.07 bits per heavy atom. The molecule has 0 bridgehead atoms. The van der Waals surface area contributed by atoms with Gasteiger partial charge in [-0.15, -0.1) is 0 Å². The van der Waals surface area contributed by atoms with Crippen LogP contribution in [0.3, 0.4) is 0 Å². The molecule has 9 heteroatoms. The van der Waals surface area contributed by atoms with Crippen molar-refractivity contribution in [3.05, 3.63) is 29.8 Å². The van der Waals surface area contributed by atoms with E-state index in [1.807, 2.05) is 0 Å². The Hall–Kier alpha value is -3.10. The molecule has 0 radical (unpaired) electrons. The van der Waals surface area contributed by atoms with Gasteiger partial charge in [-0.3, -0.25) is 14.5 Å². The molecule has 2 amide bonds. The van der Waals surface area contributed by atoms with Crippen LogP contribution in [0.25, 0.3) is 0 Å². The normalized spacial score (nSPS) is 14.3. The van der Waals surface area contributed by atoms with Crippen molar-refractivity contribution in [3.63, 3.8) is 0 Å². The summed E-state index contributed by atoms with van der Waals surface area (Å²) in [5, 5.41) is 0. The third kappa shape index (κ3) is 7.06. The number of Topliss-reactive ketones (excluding diaryl/α,β-unsaturated/α-hetero) is 1. The fraction of sp³-hybridized carbons (Fsp3) is 0.524. The SMILES string of the molecule is CCOC(=O)COc1ccc(C(=O)CN2CCN(C(=O)OC(C)(C)C)CC2=O)cc1. The van der Waals surface area contributed by atoms with Gasteiger partial charge in [-0.05, 0) is 52.0 Å². The Bertz CT molecular complexity index is 784. The van der Waals surface area contributed by atoms with Crippen LogP contribution in [-0.4, -0.2) is 78.5 Å². The highest BCUT2D eigenvalue weighted by molar-refractivity contribution is 5.99. The quantitative estimate of drug-likeness (QED) is 0.490. The molecule has 1 aliphatic heterocycles. The predicted molar refractivity (Wildman–Crippen MR) is 107 cm³/mol. The summed E-state index contributed by atoms with van der Waals surface area (Å²) in [5.74, 6) is -0.579. The molecule has 1 fully saturated rings. The number of rotatable bonds is 7. The minimum Gasteiger partial charge on any atom is -0.482 e. The van der Waals surface area contributed by atoms with Gasteiger partial charge in [0.1, 0.15) is 17.9 Å². The van der Waals surface area contributed by atoms with E-state index in [1.165, 1.54) is 9.80 Å². The molecule has 0 spiro atoms. The molecule has 1 saturated heterocycles. The van der Waals surface area contributed by atoms with E-state index in [0.717, 1.165) is 0 Å². The molecular formula is C21H28N2O7. The second kappa shape index (κ2) is 10.1. The maximum absolute atomic E-state index is 12.5. The van der Waals surface area contributed by atoms with Crippen LogP contribution in [0.2, 0.25) is 0 Å². The summed E-state index contributed by atoms with van der Waals surface area (Å²) in [6.45, 7) is 7.41. The molecule has 9 nitrogen and oxygen atoms in total. The summed E-state index contributed by atoms with van der Waals surface area (Å²) in [5.41, 5.74) is -0.222. The highest BCUT2D eigenvalue weighted by Gasteiger charge is 2.31. The van der Waals surface area contributed by atoms with Gasteiger partial charge in [0.2, 0.25) is 5.91 Å². The van der Waals surface area contributed by atoms with Gasteiger partial charge in [0.05, 0.1) is 13.2 Å². The lowest BCUT2D eigenvalue weighted by Crippen LogP contribution is -2.54. The van der Waals surface area contributed by atoms with Gasteiger partial charge in [0.25, 0.3) is 0 Å². The molecule has 0 aromatic heterocycles. The summed E-state index contributed by atoms with van der Waals surface area (Å²) in [7, 11) is 0. The van der Waals surface area contributed by atoms with Crippen molar-refractivity contribution in [1.82, 2.24) is 9.80 Å². The molecule has 0 unspecified atom stereocenters. The largest absolute Gasteiger partial charge is 0.482 e. The Kier molecular flexibility index (Phi) is 7.79. The zero-order chi connectivity index (χ0) is 22.3. The average molecular weight is 420 g/mol.